The Hall–Kier alpha value is -1.39. The van der Waals surface area contributed by atoms with Crippen molar-refractivity contribution in [3.8, 4) is 5.75 Å². The molecule has 0 aromatic heterocycles. The molecule has 2 aromatic carbocycles. The maximum Gasteiger partial charge on any atom is 0.142 e. The summed E-state index contributed by atoms with van der Waals surface area (Å²) in [6.07, 6.45) is 0. The molecule has 0 spiro atoms. The van der Waals surface area contributed by atoms with Crippen LogP contribution in [0.3, 0.4) is 0 Å². The van der Waals surface area contributed by atoms with Crippen LogP contribution in [0.4, 0.5) is 4.39 Å². The lowest BCUT2D eigenvalue weighted by atomic mass is 9.98. The molecule has 2 aromatic rings. The molecule has 19 heavy (non-hydrogen) atoms. The number of methoxy groups -OCH3 is 1. The second-order valence-corrected chi connectivity index (χ2v) is 4.99. The topological polar surface area (TPSA) is 21.3 Å². The molecule has 2 nitrogen and oxygen atoms in total. The number of benzene rings is 2. The van der Waals surface area contributed by atoms with E-state index < -0.39 is 0 Å². The molecule has 0 fully saturated rings. The number of hydrogen-bond acceptors (Lipinski definition) is 2. The van der Waals surface area contributed by atoms with E-state index in [1.165, 1.54) is 0 Å². The summed E-state index contributed by atoms with van der Waals surface area (Å²) in [5.41, 5.74) is 1.60. The number of hydrogen-bond donors (Lipinski definition) is 1. The molecular formula is C15H15BrFNO. The molecule has 1 atom stereocenters. The van der Waals surface area contributed by atoms with Gasteiger partial charge >= 0.3 is 0 Å². The van der Waals surface area contributed by atoms with Crippen molar-refractivity contribution < 1.29 is 9.13 Å². The molecule has 0 aliphatic carbocycles. The number of rotatable bonds is 4. The Morgan fingerprint density at radius 3 is 2.42 bits per heavy atom. The van der Waals surface area contributed by atoms with Crippen molar-refractivity contribution in [2.75, 3.05) is 14.2 Å². The Morgan fingerprint density at radius 2 is 1.84 bits per heavy atom. The minimum absolute atomic E-state index is 0.191. The van der Waals surface area contributed by atoms with Crippen LogP contribution in [0.15, 0.2) is 46.9 Å². The Bertz CT molecular complexity index is 557. The van der Waals surface area contributed by atoms with Gasteiger partial charge in [0.2, 0.25) is 0 Å². The van der Waals surface area contributed by atoms with Crippen LogP contribution in [0.25, 0.3) is 0 Å². The Labute approximate surface area is 120 Å². The molecule has 0 aliphatic heterocycles. The van der Waals surface area contributed by atoms with Gasteiger partial charge in [0, 0.05) is 5.56 Å². The van der Waals surface area contributed by atoms with Crippen LogP contribution in [-0.4, -0.2) is 14.2 Å². The molecule has 1 unspecified atom stereocenters. The standard InChI is InChI=1S/C15H15BrFNO/c1-18-15(10-6-8-11(19-2)9-7-10)12-4-3-5-13(16)14(12)17/h3-9,15,18H,1-2H3. The molecule has 0 saturated carbocycles. The summed E-state index contributed by atoms with van der Waals surface area (Å²) in [6, 6.07) is 12.7. The largest absolute Gasteiger partial charge is 0.497 e. The summed E-state index contributed by atoms with van der Waals surface area (Å²) < 4.78 is 19.8. The molecule has 0 amide bonds. The van der Waals surface area contributed by atoms with E-state index in [1.54, 1.807) is 19.2 Å². The average molecular weight is 324 g/mol. The van der Waals surface area contributed by atoms with E-state index in [4.69, 9.17) is 4.74 Å². The van der Waals surface area contributed by atoms with Crippen LogP contribution in [0.1, 0.15) is 17.2 Å². The fourth-order valence-electron chi connectivity index (χ4n) is 2.04. The SMILES string of the molecule is CNC(c1ccc(OC)cc1)c1cccc(Br)c1F. The molecular weight excluding hydrogens is 309 g/mol. The Balaban J connectivity index is 2.40. The van der Waals surface area contributed by atoms with Crippen molar-refractivity contribution in [3.63, 3.8) is 0 Å². The van der Waals surface area contributed by atoms with Crippen molar-refractivity contribution in [1.29, 1.82) is 0 Å². The summed E-state index contributed by atoms with van der Waals surface area (Å²) >= 11 is 3.22. The van der Waals surface area contributed by atoms with Crippen LogP contribution in [-0.2, 0) is 0 Å². The van der Waals surface area contributed by atoms with Gasteiger partial charge in [-0.05, 0) is 46.7 Å². The Morgan fingerprint density at radius 1 is 1.16 bits per heavy atom. The maximum absolute atomic E-state index is 14.2. The quantitative estimate of drug-likeness (QED) is 0.921. The van der Waals surface area contributed by atoms with Gasteiger partial charge in [0.25, 0.3) is 0 Å². The zero-order chi connectivity index (χ0) is 13.8. The summed E-state index contributed by atoms with van der Waals surface area (Å²) in [7, 11) is 3.44. The lowest BCUT2D eigenvalue weighted by molar-refractivity contribution is 0.414. The number of ether oxygens (including phenoxy) is 1. The highest BCUT2D eigenvalue weighted by atomic mass is 79.9. The first-order valence-corrected chi connectivity index (χ1v) is 6.71. The molecule has 0 bridgehead atoms. The fourth-order valence-corrected chi connectivity index (χ4v) is 2.42. The molecule has 0 aliphatic rings. The third-order valence-corrected chi connectivity index (χ3v) is 3.64. The van der Waals surface area contributed by atoms with E-state index in [-0.39, 0.29) is 11.9 Å². The van der Waals surface area contributed by atoms with Crippen molar-refractivity contribution in [2.45, 2.75) is 6.04 Å². The maximum atomic E-state index is 14.2. The summed E-state index contributed by atoms with van der Waals surface area (Å²) in [5.74, 6) is 0.547. The van der Waals surface area contributed by atoms with Gasteiger partial charge in [0.05, 0.1) is 17.6 Å². The third kappa shape index (κ3) is 2.96. The molecule has 100 valence electrons. The summed E-state index contributed by atoms with van der Waals surface area (Å²) in [4.78, 5) is 0. The van der Waals surface area contributed by atoms with Crippen molar-refractivity contribution >= 4 is 15.9 Å². The van der Waals surface area contributed by atoms with Gasteiger partial charge in [-0.3, -0.25) is 0 Å². The van der Waals surface area contributed by atoms with Gasteiger partial charge in [0.1, 0.15) is 11.6 Å². The monoisotopic (exact) mass is 323 g/mol. The molecule has 2 rings (SSSR count). The highest BCUT2D eigenvalue weighted by Gasteiger charge is 2.17. The fraction of sp³-hybridized carbons (Fsp3) is 0.200. The first-order chi connectivity index (χ1) is 9.17. The van der Waals surface area contributed by atoms with Crippen LogP contribution in [0.5, 0.6) is 5.75 Å². The smallest absolute Gasteiger partial charge is 0.142 e. The van der Waals surface area contributed by atoms with Gasteiger partial charge < -0.3 is 10.1 Å². The summed E-state index contributed by atoms with van der Waals surface area (Å²) in [6.45, 7) is 0. The van der Waals surface area contributed by atoms with Crippen molar-refractivity contribution in [3.05, 3.63) is 63.9 Å². The second kappa shape index (κ2) is 6.17. The molecule has 0 radical (unpaired) electrons. The molecule has 0 heterocycles. The van der Waals surface area contributed by atoms with Crippen molar-refractivity contribution in [1.82, 2.24) is 5.32 Å². The van der Waals surface area contributed by atoms with E-state index in [1.807, 2.05) is 37.4 Å². The number of nitrogens with one attached hydrogen (secondary N) is 1. The normalized spacial score (nSPS) is 12.2. The molecule has 1 N–H and O–H groups in total. The molecule has 4 heteroatoms. The van der Waals surface area contributed by atoms with Gasteiger partial charge in [-0.25, -0.2) is 4.39 Å². The predicted octanol–water partition coefficient (Wildman–Crippen LogP) is 3.91. The second-order valence-electron chi connectivity index (χ2n) is 4.14. The van der Waals surface area contributed by atoms with Crippen LogP contribution in [0.2, 0.25) is 0 Å². The summed E-state index contributed by atoms with van der Waals surface area (Å²) in [5, 5.41) is 3.14. The highest BCUT2D eigenvalue weighted by molar-refractivity contribution is 9.10. The first kappa shape index (κ1) is 14.0. The minimum Gasteiger partial charge on any atom is -0.497 e. The van der Waals surface area contributed by atoms with E-state index in [0.29, 0.717) is 10.0 Å². The highest BCUT2D eigenvalue weighted by Crippen LogP contribution is 2.29. The van der Waals surface area contributed by atoms with Crippen molar-refractivity contribution in [2.24, 2.45) is 0 Å². The number of halogens is 2. The molecule has 0 saturated heterocycles. The van der Waals surface area contributed by atoms with Gasteiger partial charge in [-0.1, -0.05) is 24.3 Å². The zero-order valence-corrected chi connectivity index (χ0v) is 12.4. The lowest BCUT2D eigenvalue weighted by Crippen LogP contribution is -2.19. The van der Waals surface area contributed by atoms with Crippen LogP contribution >= 0.6 is 15.9 Å². The minimum atomic E-state index is -0.238. The lowest BCUT2D eigenvalue weighted by Gasteiger charge is -2.18. The van der Waals surface area contributed by atoms with Gasteiger partial charge in [0.15, 0.2) is 0 Å². The van der Waals surface area contributed by atoms with Gasteiger partial charge in [-0.2, -0.15) is 0 Å². The van der Waals surface area contributed by atoms with E-state index in [2.05, 4.69) is 21.2 Å². The van der Waals surface area contributed by atoms with E-state index in [9.17, 15) is 4.39 Å². The first-order valence-electron chi connectivity index (χ1n) is 5.92. The van der Waals surface area contributed by atoms with Crippen LogP contribution in [0, 0.1) is 5.82 Å². The third-order valence-electron chi connectivity index (χ3n) is 3.03. The van der Waals surface area contributed by atoms with Gasteiger partial charge in [-0.15, -0.1) is 0 Å². The van der Waals surface area contributed by atoms with Crippen LogP contribution < -0.4 is 10.1 Å². The average Bonchev–Trinajstić information content (AvgIpc) is 2.45. The predicted molar refractivity (Wildman–Crippen MR) is 78.0 cm³/mol. The zero-order valence-electron chi connectivity index (χ0n) is 10.8. The van der Waals surface area contributed by atoms with E-state index in [0.717, 1.165) is 11.3 Å². The van der Waals surface area contributed by atoms with E-state index >= 15 is 0 Å². The Kier molecular flexibility index (Phi) is 4.56.